The summed E-state index contributed by atoms with van der Waals surface area (Å²) >= 11 is 2.23. The second-order valence-electron chi connectivity index (χ2n) is 4.56. The second kappa shape index (κ2) is 9.05. The average Bonchev–Trinajstić information content (AvgIpc) is 2.49. The summed E-state index contributed by atoms with van der Waals surface area (Å²) in [7, 11) is 0. The number of hydrogen-bond acceptors (Lipinski definition) is 3. The molecule has 1 aromatic rings. The summed E-state index contributed by atoms with van der Waals surface area (Å²) in [4.78, 5) is 13.8. The second-order valence-corrected chi connectivity index (χ2v) is 5.81. The minimum absolute atomic E-state index is 0.0432. The van der Waals surface area contributed by atoms with E-state index in [-0.39, 0.29) is 11.5 Å². The normalized spacial score (nSPS) is 10.5. The van der Waals surface area contributed by atoms with Gasteiger partial charge in [0.1, 0.15) is 11.6 Å². The molecule has 0 atom stereocenters. The van der Waals surface area contributed by atoms with Gasteiger partial charge in [-0.2, -0.15) is 5.26 Å². The first-order chi connectivity index (χ1) is 10.5. The Morgan fingerprint density at radius 3 is 2.55 bits per heavy atom. The number of benzene rings is 1. The fourth-order valence-electron chi connectivity index (χ4n) is 1.80. The van der Waals surface area contributed by atoms with E-state index in [9.17, 15) is 10.1 Å². The molecular weight excluding hydrogens is 389 g/mol. The van der Waals surface area contributed by atoms with Crippen molar-refractivity contribution in [2.24, 2.45) is 0 Å². The molecule has 1 aromatic carbocycles. The van der Waals surface area contributed by atoms with Gasteiger partial charge in [-0.15, -0.1) is 13.2 Å². The van der Waals surface area contributed by atoms with Crippen LogP contribution in [-0.2, 0) is 4.79 Å². The quantitative estimate of drug-likeness (QED) is 0.325. The molecule has 114 valence electrons. The zero-order valence-corrected chi connectivity index (χ0v) is 14.6. The third-order valence-corrected chi connectivity index (χ3v) is 3.57. The van der Waals surface area contributed by atoms with Gasteiger partial charge in [-0.3, -0.25) is 4.79 Å². The van der Waals surface area contributed by atoms with Crippen molar-refractivity contribution < 1.29 is 4.79 Å². The lowest BCUT2D eigenvalue weighted by molar-refractivity contribution is -0.125. The van der Waals surface area contributed by atoms with Crippen LogP contribution in [-0.4, -0.2) is 23.9 Å². The Hall–Kier alpha value is -2.07. The van der Waals surface area contributed by atoms with E-state index in [4.69, 9.17) is 0 Å². The average molecular weight is 407 g/mol. The Morgan fingerprint density at radius 1 is 1.41 bits per heavy atom. The highest BCUT2D eigenvalue weighted by atomic mass is 127. The van der Waals surface area contributed by atoms with E-state index in [0.29, 0.717) is 13.1 Å². The molecule has 0 saturated heterocycles. The molecule has 1 amide bonds. The monoisotopic (exact) mass is 407 g/mol. The number of nitriles is 1. The first-order valence-corrected chi connectivity index (χ1v) is 7.75. The minimum Gasteiger partial charge on any atom is -0.360 e. The van der Waals surface area contributed by atoms with Crippen molar-refractivity contribution in [3.63, 3.8) is 0 Å². The number of halogens is 1. The standard InChI is InChI=1S/C17H18IN3O/c1-4-8-21(9-5-2)17(22)14(11-19)12-20-16-7-6-15(18)10-13(16)3/h4-7,10,12,20H,1-2,8-9H2,3H3/b14-12-. The summed E-state index contributed by atoms with van der Waals surface area (Å²) in [5, 5.41) is 12.2. The number of rotatable bonds is 7. The molecule has 0 aliphatic rings. The van der Waals surface area contributed by atoms with Gasteiger partial charge in [0.15, 0.2) is 0 Å². The van der Waals surface area contributed by atoms with Crippen molar-refractivity contribution >= 4 is 34.2 Å². The van der Waals surface area contributed by atoms with Crippen LogP contribution in [0.4, 0.5) is 5.69 Å². The highest BCUT2D eigenvalue weighted by Gasteiger charge is 2.16. The minimum atomic E-state index is -0.349. The van der Waals surface area contributed by atoms with Gasteiger partial charge in [-0.1, -0.05) is 12.2 Å². The van der Waals surface area contributed by atoms with Crippen LogP contribution in [0.5, 0.6) is 0 Å². The molecule has 4 nitrogen and oxygen atoms in total. The zero-order chi connectivity index (χ0) is 16.5. The molecule has 0 radical (unpaired) electrons. The first kappa shape index (κ1) is 18.0. The number of hydrogen-bond donors (Lipinski definition) is 1. The van der Waals surface area contributed by atoms with Crippen LogP contribution in [0.3, 0.4) is 0 Å². The van der Waals surface area contributed by atoms with Gasteiger partial charge in [-0.25, -0.2) is 0 Å². The van der Waals surface area contributed by atoms with E-state index in [1.807, 2.05) is 31.2 Å². The molecule has 1 N–H and O–H groups in total. The predicted octanol–water partition coefficient (Wildman–Crippen LogP) is 3.62. The maximum absolute atomic E-state index is 12.3. The Kier molecular flexibility index (Phi) is 7.40. The smallest absolute Gasteiger partial charge is 0.266 e. The van der Waals surface area contributed by atoms with Gasteiger partial charge >= 0.3 is 0 Å². The molecule has 22 heavy (non-hydrogen) atoms. The summed E-state index contributed by atoms with van der Waals surface area (Å²) in [6.07, 6.45) is 4.68. The van der Waals surface area contributed by atoms with Gasteiger partial charge < -0.3 is 10.2 Å². The van der Waals surface area contributed by atoms with E-state index in [2.05, 4.69) is 41.1 Å². The van der Waals surface area contributed by atoms with Gasteiger partial charge in [0.25, 0.3) is 5.91 Å². The molecule has 0 aliphatic heterocycles. The van der Waals surface area contributed by atoms with Crippen molar-refractivity contribution in [1.82, 2.24) is 4.90 Å². The van der Waals surface area contributed by atoms with E-state index >= 15 is 0 Å². The van der Waals surface area contributed by atoms with Gasteiger partial charge in [-0.05, 0) is 53.3 Å². The zero-order valence-electron chi connectivity index (χ0n) is 12.5. The summed E-state index contributed by atoms with van der Waals surface area (Å²) < 4.78 is 1.13. The van der Waals surface area contributed by atoms with Crippen molar-refractivity contribution in [1.29, 1.82) is 5.26 Å². The molecular formula is C17H18IN3O. The molecule has 0 heterocycles. The van der Waals surface area contributed by atoms with Gasteiger partial charge in [0, 0.05) is 28.5 Å². The number of aryl methyl sites for hydroxylation is 1. The van der Waals surface area contributed by atoms with E-state index in [0.717, 1.165) is 14.8 Å². The molecule has 1 rings (SSSR count). The van der Waals surface area contributed by atoms with E-state index in [1.54, 1.807) is 12.2 Å². The fourth-order valence-corrected chi connectivity index (χ4v) is 2.45. The van der Waals surface area contributed by atoms with Crippen molar-refractivity contribution in [2.75, 3.05) is 18.4 Å². The van der Waals surface area contributed by atoms with Crippen LogP contribution in [0.25, 0.3) is 0 Å². The Bertz CT molecular complexity index is 634. The lowest BCUT2D eigenvalue weighted by Crippen LogP contribution is -2.32. The van der Waals surface area contributed by atoms with Crippen LogP contribution < -0.4 is 5.32 Å². The van der Waals surface area contributed by atoms with Crippen LogP contribution in [0, 0.1) is 21.8 Å². The third kappa shape index (κ3) is 5.04. The van der Waals surface area contributed by atoms with Crippen LogP contribution in [0.1, 0.15) is 5.56 Å². The van der Waals surface area contributed by atoms with Gasteiger partial charge in [0.2, 0.25) is 0 Å². The van der Waals surface area contributed by atoms with Crippen molar-refractivity contribution in [3.05, 3.63) is 64.4 Å². The topological polar surface area (TPSA) is 56.1 Å². The molecule has 0 bridgehead atoms. The number of nitrogens with zero attached hydrogens (tertiary/aromatic N) is 2. The number of carbonyl (C=O) groups excluding carboxylic acids is 1. The number of amides is 1. The maximum Gasteiger partial charge on any atom is 0.266 e. The Labute approximate surface area is 145 Å². The molecule has 0 fully saturated rings. The fraction of sp³-hybridized carbons (Fsp3) is 0.176. The van der Waals surface area contributed by atoms with Crippen LogP contribution in [0.2, 0.25) is 0 Å². The maximum atomic E-state index is 12.3. The summed E-state index contributed by atoms with van der Waals surface area (Å²) in [6.45, 7) is 9.93. The summed E-state index contributed by atoms with van der Waals surface area (Å²) in [6, 6.07) is 7.83. The van der Waals surface area contributed by atoms with Crippen LogP contribution in [0.15, 0.2) is 55.3 Å². The Balaban J connectivity index is 2.94. The van der Waals surface area contributed by atoms with E-state index < -0.39 is 0 Å². The first-order valence-electron chi connectivity index (χ1n) is 6.67. The number of nitrogens with one attached hydrogen (secondary N) is 1. The van der Waals surface area contributed by atoms with Crippen LogP contribution >= 0.6 is 22.6 Å². The third-order valence-electron chi connectivity index (χ3n) is 2.90. The van der Waals surface area contributed by atoms with Gasteiger partial charge in [0.05, 0.1) is 0 Å². The molecule has 0 unspecified atom stereocenters. The molecule has 5 heteroatoms. The van der Waals surface area contributed by atoms with Crippen molar-refractivity contribution in [2.45, 2.75) is 6.92 Å². The molecule has 0 saturated carbocycles. The lowest BCUT2D eigenvalue weighted by Gasteiger charge is -2.18. The predicted molar refractivity (Wildman–Crippen MR) is 98.2 cm³/mol. The molecule has 0 aliphatic carbocycles. The SMILES string of the molecule is C=CCN(CC=C)C(=O)/C(C#N)=C\Nc1ccc(I)cc1C. The lowest BCUT2D eigenvalue weighted by atomic mass is 10.2. The summed E-state index contributed by atoms with van der Waals surface area (Å²) in [5.74, 6) is -0.349. The summed E-state index contributed by atoms with van der Waals surface area (Å²) in [5.41, 5.74) is 1.95. The number of anilines is 1. The molecule has 0 aromatic heterocycles. The largest absolute Gasteiger partial charge is 0.360 e. The number of carbonyl (C=O) groups is 1. The Morgan fingerprint density at radius 2 is 2.05 bits per heavy atom. The van der Waals surface area contributed by atoms with Crippen molar-refractivity contribution in [3.8, 4) is 6.07 Å². The highest BCUT2D eigenvalue weighted by molar-refractivity contribution is 14.1. The van der Waals surface area contributed by atoms with E-state index in [1.165, 1.54) is 11.1 Å². The molecule has 0 spiro atoms. The highest BCUT2D eigenvalue weighted by Crippen LogP contribution is 2.18.